The third-order valence-electron chi connectivity index (χ3n) is 3.35. The summed E-state index contributed by atoms with van der Waals surface area (Å²) < 4.78 is 0. The summed E-state index contributed by atoms with van der Waals surface area (Å²) in [6.07, 6.45) is 3.24. The van der Waals surface area contributed by atoms with Crippen LogP contribution in [0.5, 0.6) is 0 Å². The molecule has 3 heteroatoms. The van der Waals surface area contributed by atoms with E-state index in [1.54, 1.807) is 0 Å². The van der Waals surface area contributed by atoms with E-state index >= 15 is 0 Å². The summed E-state index contributed by atoms with van der Waals surface area (Å²) in [5.74, 6) is -0.0228. The lowest BCUT2D eigenvalue weighted by Crippen LogP contribution is -2.32. The van der Waals surface area contributed by atoms with E-state index in [1.165, 1.54) is 12.8 Å². The number of carbonyl (C=O) groups is 1. The molecule has 0 aromatic rings. The van der Waals surface area contributed by atoms with Gasteiger partial charge in [0.1, 0.15) is 0 Å². The fourth-order valence-corrected chi connectivity index (χ4v) is 2.15. The van der Waals surface area contributed by atoms with E-state index in [-0.39, 0.29) is 5.92 Å². The first kappa shape index (κ1) is 12.5. The Bertz CT molecular complexity index is 216. The van der Waals surface area contributed by atoms with Crippen molar-refractivity contribution in [1.29, 1.82) is 0 Å². The van der Waals surface area contributed by atoms with Gasteiger partial charge < -0.3 is 5.11 Å². The van der Waals surface area contributed by atoms with E-state index in [0.29, 0.717) is 6.04 Å². The van der Waals surface area contributed by atoms with Crippen LogP contribution in [0.3, 0.4) is 0 Å². The normalized spacial score (nSPS) is 24.7. The van der Waals surface area contributed by atoms with Crippen molar-refractivity contribution in [1.82, 2.24) is 4.90 Å². The van der Waals surface area contributed by atoms with Crippen LogP contribution in [0, 0.1) is 11.8 Å². The van der Waals surface area contributed by atoms with Crippen molar-refractivity contribution < 1.29 is 9.90 Å². The van der Waals surface area contributed by atoms with Gasteiger partial charge in [-0.05, 0) is 38.6 Å². The SMILES string of the molecule is CC(C)CCC(C)N1CCC(C(=O)O)C1. The van der Waals surface area contributed by atoms with E-state index in [4.69, 9.17) is 5.11 Å². The van der Waals surface area contributed by atoms with Crippen LogP contribution in [0.15, 0.2) is 0 Å². The molecule has 0 spiro atoms. The summed E-state index contributed by atoms with van der Waals surface area (Å²) in [5, 5.41) is 8.90. The predicted octanol–water partition coefficient (Wildman–Crippen LogP) is 2.22. The molecule has 0 bridgehead atoms. The van der Waals surface area contributed by atoms with Gasteiger partial charge in [-0.3, -0.25) is 9.69 Å². The van der Waals surface area contributed by atoms with Gasteiger partial charge in [-0.1, -0.05) is 13.8 Å². The molecule has 0 aromatic heterocycles. The van der Waals surface area contributed by atoms with Gasteiger partial charge in [0.15, 0.2) is 0 Å². The van der Waals surface area contributed by atoms with Crippen molar-refractivity contribution in [2.24, 2.45) is 11.8 Å². The number of carboxylic acid groups (broad SMARTS) is 1. The Morgan fingerprint density at radius 3 is 2.53 bits per heavy atom. The van der Waals surface area contributed by atoms with Crippen molar-refractivity contribution >= 4 is 5.97 Å². The molecule has 1 N–H and O–H groups in total. The minimum Gasteiger partial charge on any atom is -0.481 e. The van der Waals surface area contributed by atoms with Crippen molar-refractivity contribution in [3.05, 3.63) is 0 Å². The summed E-state index contributed by atoms with van der Waals surface area (Å²) >= 11 is 0. The third kappa shape index (κ3) is 3.82. The Hall–Kier alpha value is -0.570. The highest BCUT2D eigenvalue weighted by molar-refractivity contribution is 5.70. The molecule has 88 valence electrons. The standard InChI is InChI=1S/C12H23NO2/c1-9(2)4-5-10(3)13-7-6-11(8-13)12(14)15/h9-11H,4-8H2,1-3H3,(H,14,15). The van der Waals surface area contributed by atoms with E-state index in [1.807, 2.05) is 0 Å². The Labute approximate surface area is 92.5 Å². The highest BCUT2D eigenvalue weighted by Crippen LogP contribution is 2.21. The van der Waals surface area contributed by atoms with Crippen molar-refractivity contribution in [2.45, 2.75) is 46.1 Å². The molecule has 1 rings (SSSR count). The van der Waals surface area contributed by atoms with Gasteiger partial charge in [-0.15, -0.1) is 0 Å². The van der Waals surface area contributed by atoms with Crippen molar-refractivity contribution in [3.8, 4) is 0 Å². The number of likely N-dealkylation sites (tertiary alicyclic amines) is 1. The van der Waals surface area contributed by atoms with Crippen molar-refractivity contribution in [3.63, 3.8) is 0 Å². The minimum absolute atomic E-state index is 0.133. The molecular formula is C12H23NO2. The molecule has 0 saturated carbocycles. The van der Waals surface area contributed by atoms with E-state index in [2.05, 4.69) is 25.7 Å². The lowest BCUT2D eigenvalue weighted by atomic mass is 10.0. The maximum Gasteiger partial charge on any atom is 0.307 e. The van der Waals surface area contributed by atoms with E-state index in [0.717, 1.165) is 25.4 Å². The van der Waals surface area contributed by atoms with Crippen LogP contribution >= 0.6 is 0 Å². The molecule has 1 aliphatic rings. The zero-order chi connectivity index (χ0) is 11.4. The molecule has 0 radical (unpaired) electrons. The van der Waals surface area contributed by atoms with Gasteiger partial charge >= 0.3 is 5.97 Å². The number of hydrogen-bond donors (Lipinski definition) is 1. The van der Waals surface area contributed by atoms with Gasteiger partial charge in [-0.25, -0.2) is 0 Å². The molecule has 15 heavy (non-hydrogen) atoms. The zero-order valence-corrected chi connectivity index (χ0v) is 10.1. The summed E-state index contributed by atoms with van der Waals surface area (Å²) in [5.41, 5.74) is 0. The first-order valence-electron chi connectivity index (χ1n) is 5.97. The van der Waals surface area contributed by atoms with E-state index in [9.17, 15) is 4.79 Å². The smallest absolute Gasteiger partial charge is 0.307 e. The summed E-state index contributed by atoms with van der Waals surface area (Å²) in [6.45, 7) is 8.38. The monoisotopic (exact) mass is 213 g/mol. The van der Waals surface area contributed by atoms with Gasteiger partial charge in [0.2, 0.25) is 0 Å². The Morgan fingerprint density at radius 2 is 2.07 bits per heavy atom. The number of rotatable bonds is 5. The van der Waals surface area contributed by atoms with Crippen LogP contribution in [-0.2, 0) is 4.79 Å². The van der Waals surface area contributed by atoms with Crippen LogP contribution in [0.4, 0.5) is 0 Å². The third-order valence-corrected chi connectivity index (χ3v) is 3.35. The summed E-state index contributed by atoms with van der Waals surface area (Å²) in [7, 11) is 0. The lowest BCUT2D eigenvalue weighted by Gasteiger charge is -2.24. The minimum atomic E-state index is -0.631. The molecular weight excluding hydrogens is 190 g/mol. The van der Waals surface area contributed by atoms with Crippen LogP contribution in [0.1, 0.15) is 40.0 Å². The fraction of sp³-hybridized carbons (Fsp3) is 0.917. The van der Waals surface area contributed by atoms with Gasteiger partial charge in [0.25, 0.3) is 0 Å². The van der Waals surface area contributed by atoms with Crippen LogP contribution < -0.4 is 0 Å². The average molecular weight is 213 g/mol. The second-order valence-electron chi connectivity index (χ2n) is 5.14. The molecule has 0 aliphatic carbocycles. The highest BCUT2D eigenvalue weighted by atomic mass is 16.4. The fourth-order valence-electron chi connectivity index (χ4n) is 2.15. The van der Waals surface area contributed by atoms with Crippen LogP contribution in [-0.4, -0.2) is 35.1 Å². The molecule has 1 heterocycles. The molecule has 1 fully saturated rings. The molecule has 2 atom stereocenters. The Morgan fingerprint density at radius 1 is 1.40 bits per heavy atom. The lowest BCUT2D eigenvalue weighted by molar-refractivity contribution is -0.141. The zero-order valence-electron chi connectivity index (χ0n) is 10.1. The van der Waals surface area contributed by atoms with Gasteiger partial charge in [-0.2, -0.15) is 0 Å². The second kappa shape index (κ2) is 5.50. The maximum atomic E-state index is 10.8. The number of nitrogens with zero attached hydrogens (tertiary/aromatic N) is 1. The van der Waals surface area contributed by atoms with E-state index < -0.39 is 5.97 Å². The predicted molar refractivity (Wildman–Crippen MR) is 60.8 cm³/mol. The molecule has 3 nitrogen and oxygen atoms in total. The molecule has 0 amide bonds. The topological polar surface area (TPSA) is 40.5 Å². The molecule has 2 unspecified atom stereocenters. The molecule has 0 aromatic carbocycles. The summed E-state index contributed by atoms with van der Waals surface area (Å²) in [4.78, 5) is 13.1. The van der Waals surface area contributed by atoms with Gasteiger partial charge in [0.05, 0.1) is 5.92 Å². The Kier molecular flexibility index (Phi) is 4.58. The summed E-state index contributed by atoms with van der Waals surface area (Å²) in [6, 6.07) is 0.539. The Balaban J connectivity index is 2.30. The quantitative estimate of drug-likeness (QED) is 0.761. The van der Waals surface area contributed by atoms with Gasteiger partial charge in [0, 0.05) is 12.6 Å². The second-order valence-corrected chi connectivity index (χ2v) is 5.14. The van der Waals surface area contributed by atoms with Crippen molar-refractivity contribution in [2.75, 3.05) is 13.1 Å². The number of hydrogen-bond acceptors (Lipinski definition) is 2. The first-order valence-corrected chi connectivity index (χ1v) is 5.97. The van der Waals surface area contributed by atoms with Crippen LogP contribution in [0.25, 0.3) is 0 Å². The number of aliphatic carboxylic acids is 1. The first-order chi connectivity index (χ1) is 7.00. The van der Waals surface area contributed by atoms with Crippen LogP contribution in [0.2, 0.25) is 0 Å². The number of carboxylic acids is 1. The molecule has 1 aliphatic heterocycles. The maximum absolute atomic E-state index is 10.8. The highest BCUT2D eigenvalue weighted by Gasteiger charge is 2.30. The molecule has 1 saturated heterocycles. The largest absolute Gasteiger partial charge is 0.481 e. The average Bonchev–Trinajstić information content (AvgIpc) is 2.62.